The fraction of sp³-hybridized carbons (Fsp3) is 0.333. The summed E-state index contributed by atoms with van der Waals surface area (Å²) in [6.07, 6.45) is 9.92. The van der Waals surface area contributed by atoms with Crippen molar-refractivity contribution >= 4 is 0 Å². The number of aromatic nitrogens is 2. The molecule has 2 atom stereocenters. The molecule has 0 unspecified atom stereocenters. The zero-order chi connectivity index (χ0) is 12.2. The molecule has 3 nitrogen and oxygen atoms in total. The van der Waals surface area contributed by atoms with Gasteiger partial charge in [0.15, 0.2) is 0 Å². The fourth-order valence-corrected chi connectivity index (χ4v) is 2.67. The van der Waals surface area contributed by atoms with Crippen molar-refractivity contribution in [2.45, 2.75) is 24.8 Å². The van der Waals surface area contributed by atoms with Crippen LogP contribution in [0, 0.1) is 0 Å². The average Bonchev–Trinajstić information content (AvgIpc) is 2.49. The van der Waals surface area contributed by atoms with Crippen molar-refractivity contribution in [3.8, 4) is 0 Å². The Hall–Kier alpha value is -1.74. The smallest absolute Gasteiger partial charge is 0.0341 e. The Kier molecular flexibility index (Phi) is 3.33. The second-order valence-electron chi connectivity index (χ2n) is 4.80. The van der Waals surface area contributed by atoms with E-state index < -0.39 is 0 Å². The number of nitrogens with one attached hydrogen (secondary N) is 1. The van der Waals surface area contributed by atoms with Crippen molar-refractivity contribution in [2.24, 2.45) is 0 Å². The predicted molar refractivity (Wildman–Crippen MR) is 71.2 cm³/mol. The molecule has 0 aromatic carbocycles. The van der Waals surface area contributed by atoms with E-state index in [1.807, 2.05) is 36.9 Å². The second-order valence-corrected chi connectivity index (χ2v) is 4.80. The molecule has 0 saturated carbocycles. The minimum Gasteiger partial charge on any atom is -0.310 e. The number of nitrogens with zero attached hydrogens (tertiary/aromatic N) is 2. The van der Waals surface area contributed by atoms with Crippen molar-refractivity contribution in [3.63, 3.8) is 0 Å². The van der Waals surface area contributed by atoms with E-state index in [-0.39, 0.29) is 0 Å². The van der Waals surface area contributed by atoms with Gasteiger partial charge >= 0.3 is 0 Å². The Bertz CT molecular complexity index is 438. The molecule has 0 bridgehead atoms. The monoisotopic (exact) mass is 239 g/mol. The van der Waals surface area contributed by atoms with E-state index in [0.29, 0.717) is 12.0 Å². The van der Waals surface area contributed by atoms with Crippen molar-refractivity contribution in [2.75, 3.05) is 6.54 Å². The van der Waals surface area contributed by atoms with Crippen LogP contribution in [-0.2, 0) is 0 Å². The van der Waals surface area contributed by atoms with Crippen molar-refractivity contribution < 1.29 is 0 Å². The van der Waals surface area contributed by atoms with Gasteiger partial charge in [-0.05, 0) is 48.6 Å². The number of piperidine rings is 1. The van der Waals surface area contributed by atoms with Gasteiger partial charge in [0, 0.05) is 30.8 Å². The van der Waals surface area contributed by atoms with Crippen LogP contribution in [0.15, 0.2) is 49.1 Å². The van der Waals surface area contributed by atoms with Crippen LogP contribution < -0.4 is 5.32 Å². The first-order valence-electron chi connectivity index (χ1n) is 6.47. The first kappa shape index (κ1) is 11.4. The minimum atomic E-state index is 0.414. The van der Waals surface area contributed by atoms with Gasteiger partial charge in [0.05, 0.1) is 0 Å². The maximum atomic E-state index is 4.22. The maximum absolute atomic E-state index is 4.22. The molecule has 2 aromatic heterocycles. The molecule has 1 fully saturated rings. The lowest BCUT2D eigenvalue weighted by Crippen LogP contribution is -2.31. The molecule has 0 aliphatic carbocycles. The molecule has 0 spiro atoms. The Balaban J connectivity index is 1.77. The first-order valence-corrected chi connectivity index (χ1v) is 6.47. The van der Waals surface area contributed by atoms with Gasteiger partial charge in [-0.25, -0.2) is 0 Å². The number of hydrogen-bond donors (Lipinski definition) is 1. The molecular formula is C15H17N3. The lowest BCUT2D eigenvalue weighted by Gasteiger charge is -2.30. The van der Waals surface area contributed by atoms with Gasteiger partial charge in [0.25, 0.3) is 0 Å². The van der Waals surface area contributed by atoms with Crippen molar-refractivity contribution in [3.05, 3.63) is 60.2 Å². The maximum Gasteiger partial charge on any atom is 0.0341 e. The predicted octanol–water partition coefficient (Wildman–Crippen LogP) is 2.68. The van der Waals surface area contributed by atoms with Crippen LogP contribution in [0.1, 0.15) is 35.9 Å². The summed E-state index contributed by atoms with van der Waals surface area (Å²) in [4.78, 5) is 8.43. The number of hydrogen-bond acceptors (Lipinski definition) is 3. The van der Waals surface area contributed by atoms with Gasteiger partial charge in [-0.15, -0.1) is 0 Å². The zero-order valence-corrected chi connectivity index (χ0v) is 10.3. The van der Waals surface area contributed by atoms with Gasteiger partial charge < -0.3 is 5.32 Å². The lowest BCUT2D eigenvalue weighted by molar-refractivity contribution is 0.369. The van der Waals surface area contributed by atoms with Gasteiger partial charge in [0.1, 0.15) is 0 Å². The molecule has 18 heavy (non-hydrogen) atoms. The molecule has 1 aliphatic heterocycles. The molecule has 3 heterocycles. The highest BCUT2D eigenvalue weighted by atomic mass is 14.9. The van der Waals surface area contributed by atoms with Crippen LogP contribution in [0.2, 0.25) is 0 Å². The highest BCUT2D eigenvalue weighted by Gasteiger charge is 2.23. The largest absolute Gasteiger partial charge is 0.310 e. The highest BCUT2D eigenvalue weighted by Crippen LogP contribution is 2.33. The van der Waals surface area contributed by atoms with Gasteiger partial charge in [-0.3, -0.25) is 9.97 Å². The van der Waals surface area contributed by atoms with Crippen molar-refractivity contribution in [1.82, 2.24) is 15.3 Å². The first-order chi connectivity index (χ1) is 8.93. The molecule has 1 saturated heterocycles. The minimum absolute atomic E-state index is 0.414. The third kappa shape index (κ3) is 2.41. The van der Waals surface area contributed by atoms with Crippen LogP contribution >= 0.6 is 0 Å². The standard InChI is InChI=1S/C15H17N3/c1-3-13(10-16-6-1)12-5-8-18-15(9-12)14-4-2-7-17-11-14/h1-4,6-7,10-12,15,18H,5,8-9H2/t12-,15+/m0/s1. The summed E-state index contributed by atoms with van der Waals surface area (Å²) in [5, 5.41) is 3.57. The zero-order valence-electron chi connectivity index (χ0n) is 10.3. The SMILES string of the molecule is c1cncc([C@H]2CCN[C@@H](c3cccnc3)C2)c1. The van der Waals surface area contributed by atoms with Crippen LogP contribution in [0.3, 0.4) is 0 Å². The Morgan fingerprint density at radius 2 is 1.72 bits per heavy atom. The summed E-state index contributed by atoms with van der Waals surface area (Å²) in [6, 6.07) is 8.78. The van der Waals surface area contributed by atoms with E-state index in [1.54, 1.807) is 0 Å². The molecule has 2 aromatic rings. The highest BCUT2D eigenvalue weighted by molar-refractivity contribution is 5.20. The lowest BCUT2D eigenvalue weighted by atomic mass is 9.85. The third-order valence-corrected chi connectivity index (χ3v) is 3.65. The Labute approximate surface area is 107 Å². The number of pyridine rings is 2. The van der Waals surface area contributed by atoms with E-state index in [0.717, 1.165) is 13.0 Å². The summed E-state index contributed by atoms with van der Waals surface area (Å²) in [5.74, 6) is 0.602. The summed E-state index contributed by atoms with van der Waals surface area (Å²) in [7, 11) is 0. The van der Waals surface area contributed by atoms with Crippen LogP contribution in [-0.4, -0.2) is 16.5 Å². The molecule has 92 valence electrons. The van der Waals surface area contributed by atoms with E-state index in [9.17, 15) is 0 Å². The number of rotatable bonds is 2. The summed E-state index contributed by atoms with van der Waals surface area (Å²) in [6.45, 7) is 1.05. The summed E-state index contributed by atoms with van der Waals surface area (Å²) < 4.78 is 0. The molecule has 1 aliphatic rings. The normalized spacial score (nSPS) is 23.8. The summed E-state index contributed by atoms with van der Waals surface area (Å²) >= 11 is 0. The molecule has 0 amide bonds. The van der Waals surface area contributed by atoms with E-state index >= 15 is 0 Å². The quantitative estimate of drug-likeness (QED) is 0.875. The van der Waals surface area contributed by atoms with Gasteiger partial charge in [-0.2, -0.15) is 0 Å². The molecule has 0 radical (unpaired) electrons. The Morgan fingerprint density at radius 1 is 1.00 bits per heavy atom. The van der Waals surface area contributed by atoms with Gasteiger partial charge in [0.2, 0.25) is 0 Å². The van der Waals surface area contributed by atoms with Crippen LogP contribution in [0.25, 0.3) is 0 Å². The van der Waals surface area contributed by atoms with E-state index in [4.69, 9.17) is 0 Å². The molecule has 1 N–H and O–H groups in total. The van der Waals surface area contributed by atoms with Crippen molar-refractivity contribution in [1.29, 1.82) is 0 Å². The summed E-state index contributed by atoms with van der Waals surface area (Å²) in [5.41, 5.74) is 2.64. The molecular weight excluding hydrogens is 222 g/mol. The van der Waals surface area contributed by atoms with E-state index in [1.165, 1.54) is 17.5 Å². The molecule has 3 heteroatoms. The van der Waals surface area contributed by atoms with Gasteiger partial charge in [-0.1, -0.05) is 12.1 Å². The van der Waals surface area contributed by atoms with Crippen LogP contribution in [0.5, 0.6) is 0 Å². The fourth-order valence-electron chi connectivity index (χ4n) is 2.67. The third-order valence-electron chi connectivity index (χ3n) is 3.65. The second kappa shape index (κ2) is 5.27. The average molecular weight is 239 g/mol. The Morgan fingerprint density at radius 3 is 2.39 bits per heavy atom. The topological polar surface area (TPSA) is 37.8 Å². The van der Waals surface area contributed by atoms with E-state index in [2.05, 4.69) is 27.4 Å². The van der Waals surface area contributed by atoms with Crippen LogP contribution in [0.4, 0.5) is 0 Å². The molecule has 3 rings (SSSR count).